The van der Waals surface area contributed by atoms with Crippen molar-refractivity contribution in [3.63, 3.8) is 0 Å². The third kappa shape index (κ3) is 3.12. The number of aryl methyl sites for hydroxylation is 2. The van der Waals surface area contributed by atoms with Crippen molar-refractivity contribution in [3.8, 4) is 0 Å². The zero-order valence-corrected chi connectivity index (χ0v) is 11.6. The molecule has 2 aromatic rings. The Bertz CT molecular complexity index is 674. The summed E-state index contributed by atoms with van der Waals surface area (Å²) in [5.74, 6) is 0. The molecule has 0 saturated heterocycles. The Kier molecular flexibility index (Phi) is 3.59. The highest BCUT2D eigenvalue weighted by Crippen LogP contribution is 2.12. The van der Waals surface area contributed by atoms with Gasteiger partial charge in [0.15, 0.2) is 0 Å². The van der Waals surface area contributed by atoms with E-state index in [-0.39, 0.29) is 11.4 Å². The quantitative estimate of drug-likeness (QED) is 0.810. The predicted octanol–water partition coefficient (Wildman–Crippen LogP) is 0.789. The van der Waals surface area contributed by atoms with Gasteiger partial charge in [-0.15, -0.1) is 0 Å². The van der Waals surface area contributed by atoms with E-state index in [4.69, 9.17) is 5.73 Å². The summed E-state index contributed by atoms with van der Waals surface area (Å²) in [6.45, 7) is 2.05. The molecule has 6 nitrogen and oxygen atoms in total. The first-order valence-electron chi connectivity index (χ1n) is 5.73. The Morgan fingerprint density at radius 1 is 1.32 bits per heavy atom. The van der Waals surface area contributed by atoms with Crippen LogP contribution < -0.4 is 10.5 Å². The fraction of sp³-hybridized carbons (Fsp3) is 0.250. The van der Waals surface area contributed by atoms with Crippen LogP contribution in [-0.2, 0) is 23.6 Å². The average molecular weight is 280 g/mol. The van der Waals surface area contributed by atoms with Crippen LogP contribution in [-0.4, -0.2) is 18.2 Å². The van der Waals surface area contributed by atoms with E-state index in [0.717, 1.165) is 11.3 Å². The van der Waals surface area contributed by atoms with Gasteiger partial charge in [0.1, 0.15) is 0 Å². The lowest BCUT2D eigenvalue weighted by Gasteiger charge is -2.06. The van der Waals surface area contributed by atoms with Gasteiger partial charge in [-0.2, -0.15) is 5.10 Å². The molecule has 0 fully saturated rings. The highest BCUT2D eigenvalue weighted by molar-refractivity contribution is 7.89. The van der Waals surface area contributed by atoms with Crippen LogP contribution in [0.5, 0.6) is 0 Å². The minimum absolute atomic E-state index is 0.197. The minimum Gasteiger partial charge on any atom is -0.399 e. The highest BCUT2D eigenvalue weighted by Gasteiger charge is 2.14. The number of nitrogens with one attached hydrogen (secondary N) is 1. The molecular weight excluding hydrogens is 264 g/mol. The fourth-order valence-corrected chi connectivity index (χ4v) is 2.73. The zero-order valence-electron chi connectivity index (χ0n) is 10.8. The van der Waals surface area contributed by atoms with Crippen LogP contribution in [0.25, 0.3) is 0 Å². The molecule has 2 rings (SSSR count). The molecule has 7 heteroatoms. The molecular formula is C12H16N4O2S. The molecule has 0 bridgehead atoms. The monoisotopic (exact) mass is 280 g/mol. The number of nitrogen functional groups attached to an aromatic ring is 1. The standard InChI is InChI=1S/C12H16N4O2S/c1-9-10(8-16(2)15-9)7-14-19(17,18)12-5-3-11(13)4-6-12/h3-6,8,14H,7,13H2,1-2H3. The second kappa shape index (κ2) is 5.02. The largest absolute Gasteiger partial charge is 0.399 e. The number of sulfonamides is 1. The number of aromatic nitrogens is 2. The van der Waals surface area contributed by atoms with Gasteiger partial charge in [-0.1, -0.05) is 0 Å². The summed E-state index contributed by atoms with van der Waals surface area (Å²) in [6.07, 6.45) is 1.79. The van der Waals surface area contributed by atoms with E-state index in [2.05, 4.69) is 9.82 Å². The van der Waals surface area contributed by atoms with Crippen LogP contribution in [0.15, 0.2) is 35.4 Å². The molecule has 0 spiro atoms. The molecule has 102 valence electrons. The average Bonchev–Trinajstić information content (AvgIpc) is 2.66. The summed E-state index contributed by atoms with van der Waals surface area (Å²) in [5.41, 5.74) is 7.72. The predicted molar refractivity (Wildman–Crippen MR) is 72.8 cm³/mol. The number of benzene rings is 1. The van der Waals surface area contributed by atoms with E-state index in [1.165, 1.54) is 12.1 Å². The lowest BCUT2D eigenvalue weighted by atomic mass is 10.3. The molecule has 0 unspecified atom stereocenters. The Hall–Kier alpha value is -1.86. The van der Waals surface area contributed by atoms with Crippen molar-refractivity contribution in [2.45, 2.75) is 18.4 Å². The number of nitrogens with two attached hydrogens (primary N) is 1. The van der Waals surface area contributed by atoms with Crippen molar-refractivity contribution < 1.29 is 8.42 Å². The van der Waals surface area contributed by atoms with E-state index < -0.39 is 10.0 Å². The molecule has 1 aromatic carbocycles. The molecule has 0 aliphatic rings. The Labute approximate surface area is 112 Å². The van der Waals surface area contributed by atoms with Crippen molar-refractivity contribution in [1.29, 1.82) is 0 Å². The van der Waals surface area contributed by atoms with Gasteiger partial charge in [0.05, 0.1) is 10.6 Å². The highest BCUT2D eigenvalue weighted by atomic mass is 32.2. The minimum atomic E-state index is -3.53. The molecule has 0 atom stereocenters. The van der Waals surface area contributed by atoms with Gasteiger partial charge < -0.3 is 5.73 Å². The van der Waals surface area contributed by atoms with E-state index in [1.807, 2.05) is 6.92 Å². The summed E-state index contributed by atoms with van der Waals surface area (Å²) in [7, 11) is -1.73. The smallest absolute Gasteiger partial charge is 0.240 e. The van der Waals surface area contributed by atoms with Crippen molar-refractivity contribution in [2.75, 3.05) is 5.73 Å². The summed E-state index contributed by atoms with van der Waals surface area (Å²) in [5, 5.41) is 4.16. The lowest BCUT2D eigenvalue weighted by molar-refractivity contribution is 0.581. The third-order valence-corrected chi connectivity index (χ3v) is 4.18. The van der Waals surface area contributed by atoms with Gasteiger partial charge in [0.25, 0.3) is 0 Å². The maximum absolute atomic E-state index is 12.1. The van der Waals surface area contributed by atoms with Crippen molar-refractivity contribution >= 4 is 15.7 Å². The van der Waals surface area contributed by atoms with Crippen LogP contribution in [0.4, 0.5) is 5.69 Å². The van der Waals surface area contributed by atoms with Crippen LogP contribution in [0.2, 0.25) is 0 Å². The summed E-state index contributed by atoms with van der Waals surface area (Å²) in [6, 6.07) is 6.08. The molecule has 0 amide bonds. The normalized spacial score (nSPS) is 11.7. The maximum Gasteiger partial charge on any atom is 0.240 e. The number of hydrogen-bond donors (Lipinski definition) is 2. The Balaban J connectivity index is 2.14. The van der Waals surface area contributed by atoms with Crippen molar-refractivity contribution in [1.82, 2.24) is 14.5 Å². The van der Waals surface area contributed by atoms with E-state index in [0.29, 0.717) is 5.69 Å². The molecule has 0 aliphatic heterocycles. The number of anilines is 1. The van der Waals surface area contributed by atoms with E-state index in [1.54, 1.807) is 30.1 Å². The van der Waals surface area contributed by atoms with Crippen LogP contribution in [0.1, 0.15) is 11.3 Å². The second-order valence-electron chi connectivity index (χ2n) is 4.31. The first kappa shape index (κ1) is 13.6. The molecule has 1 heterocycles. The van der Waals surface area contributed by atoms with Gasteiger partial charge in [-0.05, 0) is 31.2 Å². The molecule has 0 radical (unpaired) electrons. The van der Waals surface area contributed by atoms with Gasteiger partial charge in [0.2, 0.25) is 10.0 Å². The molecule has 1 aromatic heterocycles. The Morgan fingerprint density at radius 3 is 2.47 bits per heavy atom. The molecule has 19 heavy (non-hydrogen) atoms. The van der Waals surface area contributed by atoms with Gasteiger partial charge in [0, 0.05) is 31.0 Å². The SMILES string of the molecule is Cc1nn(C)cc1CNS(=O)(=O)c1ccc(N)cc1. The second-order valence-corrected chi connectivity index (χ2v) is 6.07. The number of rotatable bonds is 4. The van der Waals surface area contributed by atoms with Crippen molar-refractivity contribution in [2.24, 2.45) is 7.05 Å². The van der Waals surface area contributed by atoms with Gasteiger partial charge in [-0.25, -0.2) is 13.1 Å². The van der Waals surface area contributed by atoms with Crippen LogP contribution in [0, 0.1) is 6.92 Å². The summed E-state index contributed by atoms with van der Waals surface area (Å²) in [4.78, 5) is 0.197. The first-order chi connectivity index (χ1) is 8.88. The first-order valence-corrected chi connectivity index (χ1v) is 7.21. The summed E-state index contributed by atoms with van der Waals surface area (Å²) < 4.78 is 28.3. The maximum atomic E-state index is 12.1. The molecule has 0 aliphatic carbocycles. The van der Waals surface area contributed by atoms with Crippen LogP contribution >= 0.6 is 0 Å². The van der Waals surface area contributed by atoms with Gasteiger partial charge >= 0.3 is 0 Å². The lowest BCUT2D eigenvalue weighted by Crippen LogP contribution is -2.23. The zero-order chi connectivity index (χ0) is 14.0. The van der Waals surface area contributed by atoms with E-state index in [9.17, 15) is 8.42 Å². The molecule has 0 saturated carbocycles. The van der Waals surface area contributed by atoms with Gasteiger partial charge in [-0.3, -0.25) is 4.68 Å². The molecule has 3 N–H and O–H groups in total. The Morgan fingerprint density at radius 2 is 1.95 bits per heavy atom. The third-order valence-electron chi connectivity index (χ3n) is 2.76. The topological polar surface area (TPSA) is 90.0 Å². The number of hydrogen-bond acceptors (Lipinski definition) is 4. The fourth-order valence-electron chi connectivity index (χ4n) is 1.73. The summed E-state index contributed by atoms with van der Waals surface area (Å²) >= 11 is 0. The van der Waals surface area contributed by atoms with E-state index >= 15 is 0 Å². The van der Waals surface area contributed by atoms with Crippen molar-refractivity contribution in [3.05, 3.63) is 41.7 Å². The number of nitrogens with zero attached hydrogens (tertiary/aromatic N) is 2. The van der Waals surface area contributed by atoms with Crippen LogP contribution in [0.3, 0.4) is 0 Å².